The topological polar surface area (TPSA) is 24.8 Å². The van der Waals surface area contributed by atoms with Gasteiger partial charge in [0.05, 0.1) is 18.3 Å². The van der Waals surface area contributed by atoms with Gasteiger partial charge in [0.1, 0.15) is 5.75 Å². The number of likely N-dealkylation sites (tertiary alicyclic amines) is 1. The van der Waals surface area contributed by atoms with E-state index in [0.717, 1.165) is 18.7 Å². The fourth-order valence-corrected chi connectivity index (χ4v) is 2.58. The van der Waals surface area contributed by atoms with Gasteiger partial charge in [-0.15, -0.1) is 0 Å². The van der Waals surface area contributed by atoms with Crippen molar-refractivity contribution in [1.82, 2.24) is 4.90 Å². The number of rotatable bonds is 7. The first-order chi connectivity index (χ1) is 9.88. The highest BCUT2D eigenvalue weighted by Crippen LogP contribution is 2.17. The van der Waals surface area contributed by atoms with Gasteiger partial charge in [-0.1, -0.05) is 18.6 Å². The number of thiocarbonyl (C=S) groups is 1. The molecule has 0 saturated carbocycles. The summed E-state index contributed by atoms with van der Waals surface area (Å²) in [5, 5.41) is 2.37. The highest BCUT2D eigenvalue weighted by atomic mass is 32.1. The van der Waals surface area contributed by atoms with Crippen molar-refractivity contribution in [3.63, 3.8) is 0 Å². The van der Waals surface area contributed by atoms with Crippen molar-refractivity contribution in [3.8, 4) is 5.75 Å². The third-order valence-electron chi connectivity index (χ3n) is 3.50. The van der Waals surface area contributed by atoms with E-state index < -0.39 is 0 Å². The first kappa shape index (κ1) is 15.2. The highest BCUT2D eigenvalue weighted by Gasteiger charge is 2.10. The monoisotopic (exact) mass is 290 g/mol. The molecule has 1 aromatic rings. The molecule has 4 heteroatoms. The largest absolute Gasteiger partial charge is 0.494 e. The lowest BCUT2D eigenvalue weighted by molar-refractivity contribution is 0.220. The van der Waals surface area contributed by atoms with Crippen LogP contribution in [0.4, 0.5) is 0 Å². The molecule has 0 spiro atoms. The molecule has 1 fully saturated rings. The zero-order valence-electron chi connectivity index (χ0n) is 11.9. The van der Waals surface area contributed by atoms with Crippen molar-refractivity contribution in [1.29, 1.82) is 0 Å². The number of piperidine rings is 1. The molecule has 0 unspecified atom stereocenters. The van der Waals surface area contributed by atoms with Crippen molar-refractivity contribution in [2.24, 2.45) is 4.99 Å². The Balaban J connectivity index is 1.79. The minimum absolute atomic E-state index is 0.674. The van der Waals surface area contributed by atoms with Crippen LogP contribution in [0.15, 0.2) is 29.3 Å². The zero-order valence-corrected chi connectivity index (χ0v) is 12.7. The maximum atomic E-state index is 5.74. The number of isothiocyanates is 1. The Morgan fingerprint density at radius 1 is 1.25 bits per heavy atom. The van der Waals surface area contributed by atoms with Crippen LogP contribution in [0.1, 0.15) is 31.2 Å². The molecule has 108 valence electrons. The van der Waals surface area contributed by atoms with Gasteiger partial charge in [-0.05, 0) is 55.8 Å². The molecule has 1 saturated heterocycles. The van der Waals surface area contributed by atoms with E-state index >= 15 is 0 Å². The Hall–Kier alpha value is -1.22. The Bertz CT molecular complexity index is 452. The Labute approximate surface area is 126 Å². The van der Waals surface area contributed by atoms with Crippen molar-refractivity contribution < 1.29 is 4.74 Å². The number of benzene rings is 1. The number of hydrogen-bond acceptors (Lipinski definition) is 4. The van der Waals surface area contributed by atoms with Crippen molar-refractivity contribution in [2.75, 3.05) is 26.2 Å². The highest BCUT2D eigenvalue weighted by molar-refractivity contribution is 7.78. The summed E-state index contributed by atoms with van der Waals surface area (Å²) in [4.78, 5) is 6.40. The molecule has 1 aromatic carbocycles. The van der Waals surface area contributed by atoms with E-state index in [-0.39, 0.29) is 0 Å². The number of ether oxygens (including phenoxy) is 1. The van der Waals surface area contributed by atoms with Crippen LogP contribution in [-0.4, -0.2) is 36.3 Å². The van der Waals surface area contributed by atoms with Gasteiger partial charge in [-0.2, -0.15) is 0 Å². The summed E-state index contributed by atoms with van der Waals surface area (Å²) in [5.74, 6) is 0.950. The minimum atomic E-state index is 0.674. The summed E-state index contributed by atoms with van der Waals surface area (Å²) in [6.45, 7) is 4.85. The lowest BCUT2D eigenvalue weighted by Crippen LogP contribution is -2.29. The predicted molar refractivity (Wildman–Crippen MR) is 85.6 cm³/mol. The molecule has 0 amide bonds. The summed E-state index contributed by atoms with van der Waals surface area (Å²) in [6.07, 6.45) is 4.91. The third kappa shape index (κ3) is 5.41. The van der Waals surface area contributed by atoms with Crippen LogP contribution in [0, 0.1) is 0 Å². The smallest absolute Gasteiger partial charge is 0.119 e. The van der Waals surface area contributed by atoms with Crippen LogP contribution in [0.5, 0.6) is 5.75 Å². The van der Waals surface area contributed by atoms with E-state index in [9.17, 15) is 0 Å². The van der Waals surface area contributed by atoms with Gasteiger partial charge in [-0.3, -0.25) is 4.90 Å². The molecule has 1 aliphatic rings. The Morgan fingerprint density at radius 2 is 2.10 bits per heavy atom. The molecule has 0 bridgehead atoms. The third-order valence-corrected chi connectivity index (χ3v) is 3.63. The summed E-state index contributed by atoms with van der Waals surface area (Å²) in [7, 11) is 0. The molecule has 0 atom stereocenters. The van der Waals surface area contributed by atoms with Crippen LogP contribution in [0.2, 0.25) is 0 Å². The van der Waals surface area contributed by atoms with Crippen LogP contribution in [0.25, 0.3) is 0 Å². The molecule has 0 aromatic heterocycles. The molecule has 2 rings (SSSR count). The van der Waals surface area contributed by atoms with Crippen LogP contribution < -0.4 is 4.74 Å². The molecular weight excluding hydrogens is 268 g/mol. The fraction of sp³-hybridized carbons (Fsp3) is 0.562. The van der Waals surface area contributed by atoms with Gasteiger partial charge in [0.2, 0.25) is 0 Å². The molecule has 1 heterocycles. The fourth-order valence-electron chi connectivity index (χ4n) is 2.49. The van der Waals surface area contributed by atoms with E-state index in [1.807, 2.05) is 6.07 Å². The van der Waals surface area contributed by atoms with Crippen LogP contribution >= 0.6 is 12.2 Å². The number of aliphatic imine (C=N–C) groups is 1. The van der Waals surface area contributed by atoms with E-state index in [2.05, 4.69) is 45.5 Å². The van der Waals surface area contributed by atoms with Crippen molar-refractivity contribution in [3.05, 3.63) is 29.8 Å². The van der Waals surface area contributed by atoms with Gasteiger partial charge in [0.25, 0.3) is 0 Å². The summed E-state index contributed by atoms with van der Waals surface area (Å²) in [5.41, 5.74) is 1.33. The minimum Gasteiger partial charge on any atom is -0.494 e. The van der Waals surface area contributed by atoms with E-state index in [4.69, 9.17) is 4.74 Å². The average Bonchev–Trinajstić information content (AvgIpc) is 2.48. The maximum Gasteiger partial charge on any atom is 0.119 e. The number of hydrogen-bond donors (Lipinski definition) is 0. The van der Waals surface area contributed by atoms with Crippen molar-refractivity contribution in [2.45, 2.75) is 32.2 Å². The van der Waals surface area contributed by atoms with E-state index in [1.54, 1.807) is 0 Å². The Kier molecular flexibility index (Phi) is 6.72. The summed E-state index contributed by atoms with van der Waals surface area (Å²) in [6, 6.07) is 8.42. The molecular formula is C16H22N2OS. The quantitative estimate of drug-likeness (QED) is 0.436. The van der Waals surface area contributed by atoms with Gasteiger partial charge < -0.3 is 4.74 Å². The zero-order chi connectivity index (χ0) is 14.0. The molecule has 20 heavy (non-hydrogen) atoms. The second-order valence-corrected chi connectivity index (χ2v) is 5.34. The first-order valence-corrected chi connectivity index (χ1v) is 7.77. The average molecular weight is 290 g/mol. The summed E-state index contributed by atoms with van der Waals surface area (Å²) >= 11 is 4.53. The molecule has 0 aliphatic carbocycles. The summed E-state index contributed by atoms with van der Waals surface area (Å²) < 4.78 is 5.74. The van der Waals surface area contributed by atoms with Crippen LogP contribution in [0.3, 0.4) is 0 Å². The Morgan fingerprint density at radius 3 is 2.90 bits per heavy atom. The van der Waals surface area contributed by atoms with Gasteiger partial charge in [0, 0.05) is 13.0 Å². The van der Waals surface area contributed by atoms with Gasteiger partial charge in [-0.25, -0.2) is 4.99 Å². The lowest BCUT2D eigenvalue weighted by Gasteiger charge is -2.26. The predicted octanol–water partition coefficient (Wildman–Crippen LogP) is 3.54. The maximum absolute atomic E-state index is 5.74. The second kappa shape index (κ2) is 8.85. The van der Waals surface area contributed by atoms with Gasteiger partial charge in [0.15, 0.2) is 0 Å². The SMILES string of the molecule is S=C=NCCCOc1cccc(CN2CCCCC2)c1. The van der Waals surface area contributed by atoms with E-state index in [1.165, 1.54) is 37.9 Å². The molecule has 0 radical (unpaired) electrons. The second-order valence-electron chi connectivity index (χ2n) is 5.16. The van der Waals surface area contributed by atoms with Gasteiger partial charge >= 0.3 is 0 Å². The van der Waals surface area contributed by atoms with Crippen LogP contribution in [-0.2, 0) is 6.54 Å². The lowest BCUT2D eigenvalue weighted by atomic mass is 10.1. The normalized spacial score (nSPS) is 15.6. The first-order valence-electron chi connectivity index (χ1n) is 7.36. The molecule has 3 nitrogen and oxygen atoms in total. The van der Waals surface area contributed by atoms with E-state index in [0.29, 0.717) is 13.2 Å². The number of nitrogens with zero attached hydrogens (tertiary/aromatic N) is 2. The van der Waals surface area contributed by atoms with Crippen molar-refractivity contribution >= 4 is 17.4 Å². The molecule has 1 aliphatic heterocycles. The standard InChI is InChI=1S/C16H22N2OS/c20-14-17-8-5-11-19-16-7-4-6-15(12-16)13-18-9-2-1-3-10-18/h4,6-7,12H,1-3,5,8-11,13H2. The molecule has 0 N–H and O–H groups in total.